The van der Waals surface area contributed by atoms with Crippen LogP contribution in [0.15, 0.2) is 53.7 Å². The number of aryl methyl sites for hydroxylation is 2. The van der Waals surface area contributed by atoms with Crippen molar-refractivity contribution in [3.8, 4) is 0 Å². The Morgan fingerprint density at radius 1 is 1.04 bits per heavy atom. The quantitative estimate of drug-likeness (QED) is 0.383. The summed E-state index contributed by atoms with van der Waals surface area (Å²) in [6, 6.07) is 13.8. The summed E-state index contributed by atoms with van der Waals surface area (Å²) in [5, 5.41) is 14.8. The molecule has 1 aliphatic rings. The molecule has 0 saturated carbocycles. The van der Waals surface area contributed by atoms with Crippen LogP contribution in [0.4, 0.5) is 11.4 Å². The maximum absolute atomic E-state index is 12.8. The second-order valence-corrected chi connectivity index (χ2v) is 5.99. The summed E-state index contributed by atoms with van der Waals surface area (Å²) in [5.41, 5.74) is 1.87. The van der Waals surface area contributed by atoms with Gasteiger partial charge in [0.05, 0.1) is 5.69 Å². The van der Waals surface area contributed by atoms with Crippen molar-refractivity contribution in [3.63, 3.8) is 0 Å². The lowest BCUT2D eigenvalue weighted by atomic mass is 10.0. The SMILES string of the molecule is Cc1ccccc1NC(=O)C1C(=O)N(c2ccccc2C)C(=O)/C1=N/O. The Morgan fingerprint density at radius 2 is 1.65 bits per heavy atom. The molecule has 0 aliphatic carbocycles. The third-order valence-corrected chi connectivity index (χ3v) is 4.29. The molecule has 0 spiro atoms. The van der Waals surface area contributed by atoms with E-state index < -0.39 is 29.4 Å². The predicted molar refractivity (Wildman–Crippen MR) is 96.2 cm³/mol. The van der Waals surface area contributed by atoms with E-state index in [0.717, 1.165) is 10.5 Å². The maximum atomic E-state index is 12.8. The molecule has 2 N–H and O–H groups in total. The van der Waals surface area contributed by atoms with Crippen LogP contribution in [0, 0.1) is 19.8 Å². The van der Waals surface area contributed by atoms with E-state index in [1.54, 1.807) is 56.3 Å². The second-order valence-electron chi connectivity index (χ2n) is 5.99. The molecule has 0 bridgehead atoms. The summed E-state index contributed by atoms with van der Waals surface area (Å²) in [7, 11) is 0. The van der Waals surface area contributed by atoms with E-state index >= 15 is 0 Å². The third kappa shape index (κ3) is 2.83. The van der Waals surface area contributed by atoms with E-state index in [0.29, 0.717) is 16.9 Å². The number of oxime groups is 1. The van der Waals surface area contributed by atoms with Gasteiger partial charge in [0.15, 0.2) is 11.6 Å². The van der Waals surface area contributed by atoms with Crippen molar-refractivity contribution in [1.82, 2.24) is 0 Å². The topological polar surface area (TPSA) is 99.1 Å². The van der Waals surface area contributed by atoms with Crippen LogP contribution in [0.3, 0.4) is 0 Å². The number of para-hydroxylation sites is 2. The molecule has 3 rings (SSSR count). The summed E-state index contributed by atoms with van der Waals surface area (Å²) in [6.07, 6.45) is 0. The minimum absolute atomic E-state index is 0.356. The van der Waals surface area contributed by atoms with Crippen molar-refractivity contribution in [1.29, 1.82) is 0 Å². The Bertz CT molecular complexity index is 936. The molecule has 2 aromatic carbocycles. The molecular weight excluding hydrogens is 334 g/mol. The van der Waals surface area contributed by atoms with Crippen LogP contribution < -0.4 is 10.2 Å². The molecule has 0 aromatic heterocycles. The summed E-state index contributed by atoms with van der Waals surface area (Å²) in [6.45, 7) is 3.55. The minimum atomic E-state index is -1.51. The van der Waals surface area contributed by atoms with Gasteiger partial charge >= 0.3 is 0 Å². The van der Waals surface area contributed by atoms with Crippen molar-refractivity contribution in [2.45, 2.75) is 13.8 Å². The molecule has 2 aromatic rings. The van der Waals surface area contributed by atoms with Crippen LogP contribution in [-0.4, -0.2) is 28.6 Å². The Labute approximate surface area is 149 Å². The molecule has 3 amide bonds. The molecule has 1 atom stereocenters. The summed E-state index contributed by atoms with van der Waals surface area (Å²) in [5.74, 6) is -3.78. The molecule has 7 nitrogen and oxygen atoms in total. The number of hydrogen-bond acceptors (Lipinski definition) is 5. The van der Waals surface area contributed by atoms with Gasteiger partial charge in [-0.15, -0.1) is 0 Å². The highest BCUT2D eigenvalue weighted by Crippen LogP contribution is 2.28. The van der Waals surface area contributed by atoms with Crippen molar-refractivity contribution < 1.29 is 19.6 Å². The van der Waals surface area contributed by atoms with Crippen LogP contribution in [0.5, 0.6) is 0 Å². The van der Waals surface area contributed by atoms with Gasteiger partial charge < -0.3 is 10.5 Å². The largest absolute Gasteiger partial charge is 0.410 e. The van der Waals surface area contributed by atoms with Crippen molar-refractivity contribution in [3.05, 3.63) is 59.7 Å². The minimum Gasteiger partial charge on any atom is -0.410 e. The number of nitrogens with zero attached hydrogens (tertiary/aromatic N) is 2. The van der Waals surface area contributed by atoms with Gasteiger partial charge in [0.25, 0.3) is 11.8 Å². The summed E-state index contributed by atoms with van der Waals surface area (Å²) in [4.78, 5) is 38.9. The zero-order chi connectivity index (χ0) is 18.8. The highest BCUT2D eigenvalue weighted by molar-refractivity contribution is 6.61. The Hall–Kier alpha value is -3.48. The van der Waals surface area contributed by atoms with Crippen LogP contribution in [-0.2, 0) is 14.4 Å². The lowest BCUT2D eigenvalue weighted by molar-refractivity contribution is -0.127. The van der Waals surface area contributed by atoms with Gasteiger partial charge in [0.1, 0.15) is 0 Å². The smallest absolute Gasteiger partial charge is 0.284 e. The van der Waals surface area contributed by atoms with Gasteiger partial charge in [0, 0.05) is 5.69 Å². The van der Waals surface area contributed by atoms with Gasteiger partial charge in [-0.3, -0.25) is 14.4 Å². The van der Waals surface area contributed by atoms with E-state index in [1.807, 2.05) is 6.07 Å². The Kier molecular flexibility index (Phi) is 4.53. The number of nitrogens with one attached hydrogen (secondary N) is 1. The average molecular weight is 351 g/mol. The molecule has 1 heterocycles. The van der Waals surface area contributed by atoms with Gasteiger partial charge in [-0.25, -0.2) is 4.90 Å². The van der Waals surface area contributed by atoms with Crippen molar-refractivity contribution >= 4 is 34.8 Å². The Morgan fingerprint density at radius 3 is 2.27 bits per heavy atom. The molecule has 132 valence electrons. The fraction of sp³-hybridized carbons (Fsp3) is 0.158. The molecule has 26 heavy (non-hydrogen) atoms. The highest BCUT2D eigenvalue weighted by atomic mass is 16.4. The van der Waals surface area contributed by atoms with Gasteiger partial charge in [-0.1, -0.05) is 41.6 Å². The molecular formula is C19H17N3O4. The maximum Gasteiger partial charge on any atom is 0.284 e. The van der Waals surface area contributed by atoms with Crippen LogP contribution in [0.2, 0.25) is 0 Å². The molecule has 1 unspecified atom stereocenters. The van der Waals surface area contributed by atoms with Crippen molar-refractivity contribution in [2.75, 3.05) is 10.2 Å². The number of hydrogen-bond donors (Lipinski definition) is 2. The molecule has 1 fully saturated rings. The van der Waals surface area contributed by atoms with Gasteiger partial charge in [0.2, 0.25) is 5.91 Å². The lowest BCUT2D eigenvalue weighted by Crippen LogP contribution is -2.35. The normalized spacial score (nSPS) is 18.5. The van der Waals surface area contributed by atoms with E-state index in [1.165, 1.54) is 0 Å². The fourth-order valence-electron chi connectivity index (χ4n) is 2.88. The van der Waals surface area contributed by atoms with Crippen LogP contribution in [0.1, 0.15) is 11.1 Å². The standard InChI is InChI=1S/C19H17N3O4/c1-11-7-3-5-9-13(11)20-17(23)15-16(21-26)19(25)22(18(15)24)14-10-6-4-8-12(14)2/h3-10,15,26H,1-2H3,(H,20,23)/b21-16+. The molecule has 0 radical (unpaired) electrons. The van der Waals surface area contributed by atoms with Crippen molar-refractivity contribution in [2.24, 2.45) is 11.1 Å². The third-order valence-electron chi connectivity index (χ3n) is 4.29. The number of imide groups is 1. The average Bonchev–Trinajstić information content (AvgIpc) is 2.87. The number of anilines is 2. The molecule has 1 saturated heterocycles. The van der Waals surface area contributed by atoms with Crippen LogP contribution in [0.25, 0.3) is 0 Å². The zero-order valence-corrected chi connectivity index (χ0v) is 14.3. The molecule has 1 aliphatic heterocycles. The predicted octanol–water partition coefficient (Wildman–Crippen LogP) is 2.26. The monoisotopic (exact) mass is 351 g/mol. The van der Waals surface area contributed by atoms with Crippen LogP contribution >= 0.6 is 0 Å². The number of rotatable bonds is 3. The van der Waals surface area contributed by atoms with E-state index in [-0.39, 0.29) is 0 Å². The zero-order valence-electron chi connectivity index (χ0n) is 14.3. The summed E-state index contributed by atoms with van der Waals surface area (Å²) < 4.78 is 0. The fourth-order valence-corrected chi connectivity index (χ4v) is 2.88. The first-order chi connectivity index (χ1) is 12.5. The first kappa shape index (κ1) is 17.3. The van der Waals surface area contributed by atoms with Gasteiger partial charge in [-0.2, -0.15) is 0 Å². The summed E-state index contributed by atoms with van der Waals surface area (Å²) >= 11 is 0. The number of amides is 3. The second kappa shape index (κ2) is 6.79. The number of carbonyl (C=O) groups is 3. The van der Waals surface area contributed by atoms with Gasteiger partial charge in [-0.05, 0) is 37.1 Å². The number of carbonyl (C=O) groups excluding carboxylic acids is 3. The molecule has 7 heteroatoms. The number of benzene rings is 2. The van der Waals surface area contributed by atoms with E-state index in [2.05, 4.69) is 10.5 Å². The first-order valence-electron chi connectivity index (χ1n) is 7.98. The lowest BCUT2D eigenvalue weighted by Gasteiger charge is -2.16. The van der Waals surface area contributed by atoms with E-state index in [4.69, 9.17) is 0 Å². The highest BCUT2D eigenvalue weighted by Gasteiger charge is 2.50. The Balaban J connectivity index is 1.96. The first-order valence-corrected chi connectivity index (χ1v) is 7.98. The van der Waals surface area contributed by atoms with E-state index in [9.17, 15) is 19.6 Å².